The molecule has 3 nitrogen and oxygen atoms in total. The molecule has 1 fully saturated rings. The Labute approximate surface area is 211 Å². The van der Waals surface area contributed by atoms with E-state index in [4.69, 9.17) is 0 Å². The van der Waals surface area contributed by atoms with Crippen LogP contribution in [0.3, 0.4) is 0 Å². The molecule has 0 atom stereocenters. The molecule has 0 N–H and O–H groups in total. The fourth-order valence-electron chi connectivity index (χ4n) is 6.15. The lowest BCUT2D eigenvalue weighted by atomic mass is 9.86. The molecule has 35 heavy (non-hydrogen) atoms. The fourth-order valence-corrected chi connectivity index (χ4v) is 6.15. The summed E-state index contributed by atoms with van der Waals surface area (Å²) in [7, 11) is 0. The third-order valence-corrected chi connectivity index (χ3v) is 7.78. The van der Waals surface area contributed by atoms with Gasteiger partial charge in [0, 0.05) is 48.7 Å². The SMILES string of the molecule is CCCN1CCCc2cc(/C=C3\CCC/C(=C\c4ccc5c(c4)CCCN5CCC)C3=O)ccc21. The highest BCUT2D eigenvalue weighted by Crippen LogP contribution is 2.33. The van der Waals surface area contributed by atoms with E-state index in [0.29, 0.717) is 0 Å². The molecule has 5 rings (SSSR count). The van der Waals surface area contributed by atoms with Gasteiger partial charge in [0.05, 0.1) is 0 Å². The molecule has 0 amide bonds. The highest BCUT2D eigenvalue weighted by Gasteiger charge is 2.22. The molecule has 0 saturated heterocycles. The minimum absolute atomic E-state index is 0.243. The van der Waals surface area contributed by atoms with Crippen LogP contribution in [0.4, 0.5) is 11.4 Å². The Kier molecular flexibility index (Phi) is 7.41. The molecule has 2 heterocycles. The number of hydrogen-bond donors (Lipinski definition) is 0. The van der Waals surface area contributed by atoms with E-state index in [9.17, 15) is 4.79 Å². The van der Waals surface area contributed by atoms with Gasteiger partial charge in [-0.15, -0.1) is 0 Å². The number of rotatable bonds is 6. The van der Waals surface area contributed by atoms with Crippen LogP contribution in [0, 0.1) is 0 Å². The van der Waals surface area contributed by atoms with Crippen LogP contribution in [-0.2, 0) is 17.6 Å². The smallest absolute Gasteiger partial charge is 0.185 e. The summed E-state index contributed by atoms with van der Waals surface area (Å²) in [5, 5.41) is 0. The molecule has 3 heteroatoms. The van der Waals surface area contributed by atoms with Crippen molar-refractivity contribution < 1.29 is 4.79 Å². The first-order valence-electron chi connectivity index (χ1n) is 13.9. The molecular formula is C32H40N2O. The third kappa shape index (κ3) is 5.24. The van der Waals surface area contributed by atoms with Crippen LogP contribution in [0.25, 0.3) is 12.2 Å². The second-order valence-electron chi connectivity index (χ2n) is 10.5. The van der Waals surface area contributed by atoms with Crippen LogP contribution >= 0.6 is 0 Å². The summed E-state index contributed by atoms with van der Waals surface area (Å²) in [6, 6.07) is 13.6. The number of benzene rings is 2. The van der Waals surface area contributed by atoms with Gasteiger partial charge >= 0.3 is 0 Å². The van der Waals surface area contributed by atoms with Crippen LogP contribution in [0.2, 0.25) is 0 Å². The average Bonchev–Trinajstić information content (AvgIpc) is 2.87. The van der Waals surface area contributed by atoms with Crippen molar-refractivity contribution in [2.45, 2.75) is 71.6 Å². The second kappa shape index (κ2) is 10.8. The van der Waals surface area contributed by atoms with Crippen molar-refractivity contribution >= 4 is 29.3 Å². The summed E-state index contributed by atoms with van der Waals surface area (Å²) >= 11 is 0. The zero-order valence-corrected chi connectivity index (χ0v) is 21.6. The number of fused-ring (bicyclic) bond motifs is 2. The number of carbonyl (C=O) groups excluding carboxylic acids is 1. The summed E-state index contributed by atoms with van der Waals surface area (Å²) in [6.45, 7) is 9.07. The van der Waals surface area contributed by atoms with E-state index >= 15 is 0 Å². The van der Waals surface area contributed by atoms with E-state index in [1.807, 2.05) is 0 Å². The normalized spacial score (nSPS) is 20.3. The number of carbonyl (C=O) groups is 1. The van der Waals surface area contributed by atoms with Crippen molar-refractivity contribution in [1.82, 2.24) is 0 Å². The fraction of sp³-hybridized carbons (Fsp3) is 0.469. The summed E-state index contributed by atoms with van der Waals surface area (Å²) in [5.74, 6) is 0.243. The minimum Gasteiger partial charge on any atom is -0.371 e. The van der Waals surface area contributed by atoms with Crippen molar-refractivity contribution in [2.24, 2.45) is 0 Å². The number of Topliss-reactive ketones (excluding diaryl/α,β-unsaturated/α-hetero) is 1. The largest absolute Gasteiger partial charge is 0.371 e. The van der Waals surface area contributed by atoms with Crippen LogP contribution < -0.4 is 9.80 Å². The summed E-state index contributed by atoms with van der Waals surface area (Å²) in [4.78, 5) is 18.5. The summed E-state index contributed by atoms with van der Waals surface area (Å²) < 4.78 is 0. The molecule has 3 aliphatic rings. The monoisotopic (exact) mass is 468 g/mol. The maximum Gasteiger partial charge on any atom is 0.185 e. The van der Waals surface area contributed by atoms with E-state index in [0.717, 1.165) is 69.4 Å². The first-order chi connectivity index (χ1) is 17.2. The number of anilines is 2. The van der Waals surface area contributed by atoms with E-state index in [-0.39, 0.29) is 5.78 Å². The van der Waals surface area contributed by atoms with Gasteiger partial charge in [-0.3, -0.25) is 4.79 Å². The van der Waals surface area contributed by atoms with Crippen LogP contribution in [0.15, 0.2) is 47.5 Å². The zero-order chi connectivity index (χ0) is 24.2. The zero-order valence-electron chi connectivity index (χ0n) is 21.6. The van der Waals surface area contributed by atoms with E-state index < -0.39 is 0 Å². The quantitative estimate of drug-likeness (QED) is 0.418. The summed E-state index contributed by atoms with van der Waals surface area (Å²) in [6.07, 6.45) is 14.2. The van der Waals surface area contributed by atoms with Gasteiger partial charge in [-0.25, -0.2) is 0 Å². The Bertz CT molecular complexity index is 1050. The highest BCUT2D eigenvalue weighted by molar-refractivity contribution is 6.14. The highest BCUT2D eigenvalue weighted by atomic mass is 16.1. The van der Waals surface area contributed by atoms with Crippen molar-refractivity contribution in [1.29, 1.82) is 0 Å². The van der Waals surface area contributed by atoms with Gasteiger partial charge in [-0.1, -0.05) is 26.0 Å². The molecule has 0 radical (unpaired) electrons. The topological polar surface area (TPSA) is 23.6 Å². The van der Waals surface area contributed by atoms with Crippen molar-refractivity contribution in [3.05, 3.63) is 69.8 Å². The van der Waals surface area contributed by atoms with E-state index in [1.165, 1.54) is 59.3 Å². The predicted octanol–water partition coefficient (Wildman–Crippen LogP) is 7.23. The molecule has 1 aliphatic carbocycles. The lowest BCUT2D eigenvalue weighted by Gasteiger charge is -2.31. The lowest BCUT2D eigenvalue weighted by Crippen LogP contribution is -2.29. The number of hydrogen-bond acceptors (Lipinski definition) is 3. The lowest BCUT2D eigenvalue weighted by molar-refractivity contribution is -0.112. The van der Waals surface area contributed by atoms with Gasteiger partial charge in [-0.2, -0.15) is 0 Å². The maximum atomic E-state index is 13.4. The number of ketones is 1. The standard InChI is InChI=1S/C32H40N2O/c1-3-16-33-18-6-10-26-20-24(12-14-30(26)33)22-28-8-5-9-29(32(28)35)23-25-13-15-31-27(21-25)11-7-19-34(31)17-4-2/h12-15,20-23H,3-11,16-19H2,1-2H3/b28-22+,29-23+. The molecule has 0 bridgehead atoms. The number of allylic oxidation sites excluding steroid dienone is 2. The van der Waals surface area contributed by atoms with Crippen molar-refractivity contribution in [2.75, 3.05) is 36.0 Å². The van der Waals surface area contributed by atoms with Crippen LogP contribution in [0.1, 0.15) is 81.0 Å². The van der Waals surface area contributed by atoms with Gasteiger partial charge in [0.15, 0.2) is 5.78 Å². The summed E-state index contributed by atoms with van der Waals surface area (Å²) in [5.41, 5.74) is 9.94. The molecule has 2 aliphatic heterocycles. The minimum atomic E-state index is 0.243. The van der Waals surface area contributed by atoms with Gasteiger partial charge in [0.25, 0.3) is 0 Å². The van der Waals surface area contributed by atoms with Gasteiger partial charge in [0.2, 0.25) is 0 Å². The van der Waals surface area contributed by atoms with Crippen LogP contribution in [0.5, 0.6) is 0 Å². The van der Waals surface area contributed by atoms with Crippen molar-refractivity contribution in [3.8, 4) is 0 Å². The first kappa shape index (κ1) is 23.9. The van der Waals surface area contributed by atoms with Gasteiger partial charge in [-0.05, 0) is 116 Å². The molecule has 2 aromatic rings. The van der Waals surface area contributed by atoms with Gasteiger partial charge < -0.3 is 9.80 Å². The number of nitrogens with zero attached hydrogens (tertiary/aromatic N) is 2. The molecular weight excluding hydrogens is 428 g/mol. The third-order valence-electron chi connectivity index (χ3n) is 7.78. The van der Waals surface area contributed by atoms with Crippen molar-refractivity contribution in [3.63, 3.8) is 0 Å². The Hall–Kier alpha value is -2.81. The predicted molar refractivity (Wildman–Crippen MR) is 149 cm³/mol. The molecule has 0 unspecified atom stereocenters. The Balaban J connectivity index is 1.36. The molecule has 0 spiro atoms. The molecule has 1 saturated carbocycles. The van der Waals surface area contributed by atoms with E-state index in [2.05, 4.69) is 72.2 Å². The maximum absolute atomic E-state index is 13.4. The average molecular weight is 469 g/mol. The first-order valence-corrected chi connectivity index (χ1v) is 13.9. The molecule has 0 aromatic heterocycles. The van der Waals surface area contributed by atoms with Gasteiger partial charge in [0.1, 0.15) is 0 Å². The Morgan fingerprint density at radius 3 is 1.63 bits per heavy atom. The second-order valence-corrected chi connectivity index (χ2v) is 10.5. The Morgan fingerprint density at radius 1 is 0.686 bits per heavy atom. The number of aryl methyl sites for hydroxylation is 2. The molecule has 2 aromatic carbocycles. The van der Waals surface area contributed by atoms with E-state index in [1.54, 1.807) is 0 Å². The molecule has 184 valence electrons. The van der Waals surface area contributed by atoms with Crippen LogP contribution in [-0.4, -0.2) is 32.0 Å². The Morgan fingerprint density at radius 2 is 1.17 bits per heavy atom.